The largest absolute Gasteiger partial charge is 0.396 e. The van der Waals surface area contributed by atoms with Crippen LogP contribution in [0.4, 0.5) is 0 Å². The topological polar surface area (TPSA) is 32.3 Å². The highest BCUT2D eigenvalue weighted by atomic mass is 16.2. The van der Waals surface area contributed by atoms with Gasteiger partial charge in [0.2, 0.25) is 0 Å². The Labute approximate surface area is 195 Å². The molecule has 1 aliphatic rings. The minimum absolute atomic E-state index is 0.182. The highest BCUT2D eigenvalue weighted by Crippen LogP contribution is 2.33. The first-order valence-electron chi connectivity index (χ1n) is 11.9. The second-order valence-corrected chi connectivity index (χ2v) is 8.72. The van der Waals surface area contributed by atoms with Gasteiger partial charge in [0, 0.05) is 6.61 Å². The zero-order valence-electron chi connectivity index (χ0n) is 20.5. The van der Waals surface area contributed by atoms with E-state index in [1.807, 2.05) is 6.07 Å². The molecule has 0 amide bonds. The maximum Gasteiger partial charge on any atom is 0.0434 e. The van der Waals surface area contributed by atoms with E-state index >= 15 is 0 Å². The average molecular weight is 432 g/mol. The maximum atomic E-state index is 9.55. The Hall–Kier alpha value is -2.42. The molecular weight excluding hydrogens is 390 g/mol. The summed E-state index contributed by atoms with van der Waals surface area (Å²) in [6.07, 6.45) is 14.9. The molecule has 0 unspecified atom stereocenters. The van der Waals surface area contributed by atoms with E-state index in [1.54, 1.807) is 0 Å². The van der Waals surface area contributed by atoms with E-state index in [0.29, 0.717) is 5.92 Å². The molecular formula is C30H41NO. The Morgan fingerprint density at radius 2 is 1.75 bits per heavy atom. The molecule has 2 N–H and O–H groups in total. The van der Waals surface area contributed by atoms with E-state index in [4.69, 9.17) is 0 Å². The first kappa shape index (κ1) is 25.8. The molecule has 0 bridgehead atoms. The minimum Gasteiger partial charge on any atom is -0.396 e. The van der Waals surface area contributed by atoms with Crippen molar-refractivity contribution >= 4 is 5.57 Å². The zero-order valence-corrected chi connectivity index (χ0v) is 20.5. The number of aliphatic hydroxyl groups is 1. The van der Waals surface area contributed by atoms with Crippen molar-refractivity contribution in [2.45, 2.75) is 53.4 Å². The summed E-state index contributed by atoms with van der Waals surface area (Å²) >= 11 is 0. The van der Waals surface area contributed by atoms with Crippen LogP contribution in [0.1, 0.15) is 58.9 Å². The van der Waals surface area contributed by atoms with E-state index in [9.17, 15) is 5.11 Å². The molecule has 1 heterocycles. The summed E-state index contributed by atoms with van der Waals surface area (Å²) < 4.78 is 0. The van der Waals surface area contributed by atoms with Crippen LogP contribution in [0, 0.1) is 5.92 Å². The lowest BCUT2D eigenvalue weighted by atomic mass is 9.86. The third-order valence-corrected chi connectivity index (χ3v) is 6.31. The number of allylic oxidation sites excluding steroid dienone is 11. The summed E-state index contributed by atoms with van der Waals surface area (Å²) in [5, 5.41) is 13.0. The predicted molar refractivity (Wildman–Crippen MR) is 141 cm³/mol. The molecule has 0 radical (unpaired) electrons. The zero-order chi connectivity index (χ0) is 23.3. The fourth-order valence-electron chi connectivity index (χ4n) is 4.16. The number of rotatable bonds is 10. The van der Waals surface area contributed by atoms with Gasteiger partial charge >= 0.3 is 0 Å². The van der Waals surface area contributed by atoms with Crippen LogP contribution in [0.5, 0.6) is 0 Å². The fraction of sp³-hybridized carbons (Fsp3) is 0.400. The molecule has 2 heteroatoms. The predicted octanol–water partition coefficient (Wildman–Crippen LogP) is 7.18. The first-order chi connectivity index (χ1) is 15.5. The molecule has 2 rings (SSSR count). The van der Waals surface area contributed by atoms with Crippen LogP contribution in [0.25, 0.3) is 5.57 Å². The normalized spacial score (nSPS) is 17.6. The standard InChI is InChI=1S/C30H41NO/c1-6-23(2)14-15-25(4)30(29(13-10-22-32)28-11-8-7-9-12-28)26(5)17-16-24(3)27-18-20-31-21-19-27/h6-9,11-12,14-17,27,31-32H,4,10,13,18-22H2,1-3,5H3/b15-14-,23-6-,24-16+,26-17+,30-29-. The van der Waals surface area contributed by atoms with Gasteiger partial charge in [-0.05, 0) is 100 Å². The summed E-state index contributed by atoms with van der Waals surface area (Å²) in [5.74, 6) is 0.663. The van der Waals surface area contributed by atoms with Gasteiger partial charge in [-0.15, -0.1) is 0 Å². The number of hydrogen-bond acceptors (Lipinski definition) is 2. The van der Waals surface area contributed by atoms with Gasteiger partial charge in [0.1, 0.15) is 0 Å². The van der Waals surface area contributed by atoms with Crippen molar-refractivity contribution in [2.75, 3.05) is 19.7 Å². The average Bonchev–Trinajstić information content (AvgIpc) is 2.84. The van der Waals surface area contributed by atoms with Gasteiger partial charge in [-0.3, -0.25) is 0 Å². The highest BCUT2D eigenvalue weighted by Gasteiger charge is 2.15. The van der Waals surface area contributed by atoms with E-state index in [0.717, 1.165) is 31.5 Å². The molecule has 1 aliphatic heterocycles. The molecule has 0 aliphatic carbocycles. The van der Waals surface area contributed by atoms with Gasteiger partial charge in [0.05, 0.1) is 0 Å². The molecule has 1 saturated heterocycles. The Morgan fingerprint density at radius 1 is 1.06 bits per heavy atom. The van der Waals surface area contributed by atoms with E-state index in [1.165, 1.54) is 46.3 Å². The summed E-state index contributed by atoms with van der Waals surface area (Å²) in [6.45, 7) is 15.4. The number of benzene rings is 1. The molecule has 32 heavy (non-hydrogen) atoms. The van der Waals surface area contributed by atoms with Crippen molar-refractivity contribution in [2.24, 2.45) is 5.92 Å². The van der Waals surface area contributed by atoms with Crippen molar-refractivity contribution in [1.82, 2.24) is 5.32 Å². The van der Waals surface area contributed by atoms with Crippen LogP contribution in [0.15, 0.2) is 95.2 Å². The van der Waals surface area contributed by atoms with Crippen molar-refractivity contribution in [1.29, 1.82) is 0 Å². The monoisotopic (exact) mass is 431 g/mol. The van der Waals surface area contributed by atoms with Crippen LogP contribution in [0.3, 0.4) is 0 Å². The van der Waals surface area contributed by atoms with Gasteiger partial charge in [0.15, 0.2) is 0 Å². The summed E-state index contributed by atoms with van der Waals surface area (Å²) in [7, 11) is 0. The van der Waals surface area contributed by atoms with Crippen molar-refractivity contribution < 1.29 is 5.11 Å². The molecule has 0 spiro atoms. The molecule has 0 saturated carbocycles. The van der Waals surface area contributed by atoms with Gasteiger partial charge < -0.3 is 10.4 Å². The number of piperidine rings is 1. The maximum absolute atomic E-state index is 9.55. The Balaban J connectivity index is 2.53. The molecule has 0 atom stereocenters. The van der Waals surface area contributed by atoms with E-state index in [-0.39, 0.29) is 6.61 Å². The second-order valence-electron chi connectivity index (χ2n) is 8.72. The lowest BCUT2D eigenvalue weighted by Gasteiger charge is -2.23. The Morgan fingerprint density at radius 3 is 2.38 bits per heavy atom. The van der Waals surface area contributed by atoms with Crippen LogP contribution < -0.4 is 5.32 Å². The van der Waals surface area contributed by atoms with Crippen molar-refractivity contribution in [3.63, 3.8) is 0 Å². The second kappa shape index (κ2) is 13.9. The third kappa shape index (κ3) is 7.93. The Bertz CT molecular complexity index is 890. The van der Waals surface area contributed by atoms with Gasteiger partial charge in [-0.2, -0.15) is 0 Å². The highest BCUT2D eigenvalue weighted by molar-refractivity contribution is 5.78. The van der Waals surface area contributed by atoms with Crippen molar-refractivity contribution in [3.8, 4) is 0 Å². The Kier molecular flexibility index (Phi) is 11.2. The molecule has 2 nitrogen and oxygen atoms in total. The van der Waals surface area contributed by atoms with Crippen LogP contribution in [-0.4, -0.2) is 24.8 Å². The SMILES string of the molecule is C=C(/C=C\C(C)=C/C)C(=C(\CCCO)c1ccccc1)/C(C)=C/C=C(\C)C1CCNCC1. The number of hydrogen-bond donors (Lipinski definition) is 2. The van der Waals surface area contributed by atoms with Gasteiger partial charge in [-0.1, -0.05) is 78.4 Å². The fourth-order valence-corrected chi connectivity index (χ4v) is 4.16. The quantitative estimate of drug-likeness (QED) is 0.384. The van der Waals surface area contributed by atoms with Crippen LogP contribution in [-0.2, 0) is 0 Å². The smallest absolute Gasteiger partial charge is 0.0434 e. The number of nitrogens with one attached hydrogen (secondary N) is 1. The molecule has 1 aromatic carbocycles. The molecule has 0 aromatic heterocycles. The van der Waals surface area contributed by atoms with Crippen LogP contribution in [0.2, 0.25) is 0 Å². The van der Waals surface area contributed by atoms with E-state index < -0.39 is 0 Å². The third-order valence-electron chi connectivity index (χ3n) is 6.31. The lowest BCUT2D eigenvalue weighted by Crippen LogP contribution is -2.28. The number of aliphatic hydroxyl groups excluding tert-OH is 1. The van der Waals surface area contributed by atoms with Crippen molar-refractivity contribution in [3.05, 3.63) is 101 Å². The summed E-state index contributed by atoms with van der Waals surface area (Å²) in [4.78, 5) is 0. The summed E-state index contributed by atoms with van der Waals surface area (Å²) in [5.41, 5.74) is 8.50. The minimum atomic E-state index is 0.182. The van der Waals surface area contributed by atoms with Gasteiger partial charge in [0.25, 0.3) is 0 Å². The molecule has 172 valence electrons. The molecule has 1 aromatic rings. The first-order valence-corrected chi connectivity index (χ1v) is 11.9. The summed E-state index contributed by atoms with van der Waals surface area (Å²) in [6, 6.07) is 10.5. The van der Waals surface area contributed by atoms with Gasteiger partial charge in [-0.25, -0.2) is 0 Å². The molecule has 1 fully saturated rings. The van der Waals surface area contributed by atoms with Crippen LogP contribution >= 0.6 is 0 Å². The van der Waals surface area contributed by atoms with E-state index in [2.05, 4.69) is 94.2 Å². The lowest BCUT2D eigenvalue weighted by molar-refractivity contribution is 0.290.